The van der Waals surface area contributed by atoms with Crippen LogP contribution in [0.2, 0.25) is 0 Å². The van der Waals surface area contributed by atoms with Crippen LogP contribution in [-0.2, 0) is 6.42 Å². The van der Waals surface area contributed by atoms with Crippen molar-refractivity contribution in [2.45, 2.75) is 20.3 Å². The molecule has 1 heterocycles. The number of hydrogen-bond acceptors (Lipinski definition) is 2. The van der Waals surface area contributed by atoms with Crippen molar-refractivity contribution in [3.05, 3.63) is 40.2 Å². The molecule has 0 bridgehead atoms. The van der Waals surface area contributed by atoms with Crippen molar-refractivity contribution in [1.29, 1.82) is 0 Å². The van der Waals surface area contributed by atoms with Gasteiger partial charge >= 0.3 is 0 Å². The Morgan fingerprint density at radius 2 is 2.00 bits per heavy atom. The Bertz CT molecular complexity index is 414. The van der Waals surface area contributed by atoms with Crippen LogP contribution in [0.25, 0.3) is 11.3 Å². The van der Waals surface area contributed by atoms with Crippen LogP contribution < -0.4 is 0 Å². The number of aromatic nitrogens is 1. The maximum atomic E-state index is 4.24. The van der Waals surface area contributed by atoms with E-state index in [9.17, 15) is 0 Å². The molecule has 0 fully saturated rings. The number of hydrogen-bond donors (Lipinski definition) is 0. The summed E-state index contributed by atoms with van der Waals surface area (Å²) in [7, 11) is 0. The molecule has 0 saturated heterocycles. The molecule has 1 aromatic heterocycles. The van der Waals surface area contributed by atoms with Gasteiger partial charge in [-0.25, -0.2) is 4.98 Å². The first-order chi connectivity index (χ1) is 6.81. The Morgan fingerprint density at radius 3 is 2.50 bits per heavy atom. The molecule has 0 aliphatic carbocycles. The van der Waals surface area contributed by atoms with Gasteiger partial charge in [-0.1, -0.05) is 31.2 Å². The van der Waals surface area contributed by atoms with E-state index in [1.165, 1.54) is 16.0 Å². The molecule has 0 aliphatic heterocycles. The van der Waals surface area contributed by atoms with Gasteiger partial charge in [0.2, 0.25) is 0 Å². The van der Waals surface area contributed by atoms with Crippen molar-refractivity contribution < 1.29 is 0 Å². The maximum Gasteiger partial charge on any atom is 0.153 e. The molecule has 1 aromatic carbocycles. The van der Waals surface area contributed by atoms with E-state index in [-0.39, 0.29) is 0 Å². The lowest BCUT2D eigenvalue weighted by Crippen LogP contribution is -1.82. The van der Waals surface area contributed by atoms with E-state index in [2.05, 4.69) is 48.6 Å². The fraction of sp³-hybridized carbons (Fsp3) is 0.250. The van der Waals surface area contributed by atoms with Gasteiger partial charge in [-0.05, 0) is 18.9 Å². The third-order valence-electron chi connectivity index (χ3n) is 2.33. The molecule has 71 valence electrons. The number of aryl methyl sites for hydroxylation is 2. The first-order valence-electron chi connectivity index (χ1n) is 4.74. The molecule has 0 unspecified atom stereocenters. The molecule has 2 rings (SSSR count). The average molecular weight is 202 g/mol. The first-order valence-corrected chi connectivity index (χ1v) is 5.55. The highest BCUT2D eigenvalue weighted by atomic mass is 32.1. The zero-order valence-electron chi connectivity index (χ0n) is 8.37. The van der Waals surface area contributed by atoms with Crippen LogP contribution in [0.15, 0.2) is 24.3 Å². The van der Waals surface area contributed by atoms with Crippen LogP contribution in [0, 0.1) is 12.4 Å². The number of benzene rings is 1. The van der Waals surface area contributed by atoms with E-state index in [1.807, 2.05) is 0 Å². The number of rotatable bonds is 2. The normalized spacial score (nSPS) is 10.4. The minimum atomic E-state index is 1.07. The molecule has 0 atom stereocenters. The van der Waals surface area contributed by atoms with Gasteiger partial charge in [-0.3, -0.25) is 0 Å². The van der Waals surface area contributed by atoms with Gasteiger partial charge in [0, 0.05) is 10.4 Å². The van der Waals surface area contributed by atoms with Crippen LogP contribution in [0.5, 0.6) is 0 Å². The summed E-state index contributed by atoms with van der Waals surface area (Å²) in [5, 5.41) is 0. The van der Waals surface area contributed by atoms with Gasteiger partial charge in [0.25, 0.3) is 0 Å². The lowest BCUT2D eigenvalue weighted by molar-refractivity contribution is 1.14. The topological polar surface area (TPSA) is 12.9 Å². The van der Waals surface area contributed by atoms with E-state index < -0.39 is 0 Å². The summed E-state index contributed by atoms with van der Waals surface area (Å²) in [6, 6.07) is 8.59. The van der Waals surface area contributed by atoms with Crippen molar-refractivity contribution in [2.75, 3.05) is 0 Å². The molecular formula is C12H12NS. The Morgan fingerprint density at radius 1 is 1.29 bits per heavy atom. The monoisotopic (exact) mass is 202 g/mol. The summed E-state index contributed by atoms with van der Waals surface area (Å²) in [5.74, 6) is 0. The Balaban J connectivity index is 2.39. The Hall–Kier alpha value is -1.15. The zero-order valence-corrected chi connectivity index (χ0v) is 9.19. The van der Waals surface area contributed by atoms with Crippen molar-refractivity contribution in [1.82, 2.24) is 4.98 Å². The average Bonchev–Trinajstić information content (AvgIpc) is 2.65. The van der Waals surface area contributed by atoms with Crippen LogP contribution in [0.3, 0.4) is 0 Å². The summed E-state index contributed by atoms with van der Waals surface area (Å²) in [6.07, 6.45) is 1.09. The fourth-order valence-electron chi connectivity index (χ4n) is 1.43. The van der Waals surface area contributed by atoms with Crippen molar-refractivity contribution >= 4 is 11.3 Å². The van der Waals surface area contributed by atoms with Gasteiger partial charge in [0.1, 0.15) is 0 Å². The van der Waals surface area contributed by atoms with Crippen molar-refractivity contribution in [3.63, 3.8) is 0 Å². The minimum Gasteiger partial charge on any atom is -0.233 e. The zero-order chi connectivity index (χ0) is 9.97. The fourth-order valence-corrected chi connectivity index (χ4v) is 1.96. The molecule has 0 saturated carbocycles. The van der Waals surface area contributed by atoms with Gasteiger partial charge in [-0.2, -0.15) is 0 Å². The standard InChI is InChI=1S/C12H12NS/c1-3-10-4-6-11(7-5-10)12-9(2)14-8-13-12/h4-7H,3H2,1-2H3. The lowest BCUT2D eigenvalue weighted by Gasteiger charge is -2.00. The molecule has 1 nitrogen and oxygen atoms in total. The third-order valence-corrected chi connectivity index (χ3v) is 3.01. The molecule has 1 radical (unpaired) electrons. The van der Waals surface area contributed by atoms with E-state index in [1.54, 1.807) is 11.3 Å². The number of thiazole rings is 1. The predicted molar refractivity (Wildman–Crippen MR) is 60.5 cm³/mol. The largest absolute Gasteiger partial charge is 0.233 e. The molecular weight excluding hydrogens is 190 g/mol. The number of nitrogens with zero attached hydrogens (tertiary/aromatic N) is 1. The molecule has 0 amide bonds. The second-order valence-electron chi connectivity index (χ2n) is 3.26. The quantitative estimate of drug-likeness (QED) is 0.726. The smallest absolute Gasteiger partial charge is 0.153 e. The summed E-state index contributed by atoms with van der Waals surface area (Å²) < 4.78 is 0. The molecule has 0 spiro atoms. The first kappa shape index (κ1) is 9.41. The van der Waals surface area contributed by atoms with E-state index >= 15 is 0 Å². The van der Waals surface area contributed by atoms with E-state index in [4.69, 9.17) is 0 Å². The van der Waals surface area contributed by atoms with Crippen molar-refractivity contribution in [3.8, 4) is 11.3 Å². The maximum absolute atomic E-state index is 4.24. The molecule has 0 N–H and O–H groups in total. The van der Waals surface area contributed by atoms with Crippen LogP contribution in [0.4, 0.5) is 0 Å². The second kappa shape index (κ2) is 3.93. The molecule has 0 aliphatic rings. The van der Waals surface area contributed by atoms with Gasteiger partial charge < -0.3 is 0 Å². The Kier molecular flexibility index (Phi) is 2.64. The third kappa shape index (κ3) is 1.70. The summed E-state index contributed by atoms with van der Waals surface area (Å²) in [4.78, 5) is 5.47. The molecule has 2 aromatic rings. The highest BCUT2D eigenvalue weighted by molar-refractivity contribution is 7.09. The molecule has 2 heteroatoms. The SMILES string of the molecule is CCc1ccc(-c2n[c]sc2C)cc1. The van der Waals surface area contributed by atoms with Crippen LogP contribution in [-0.4, -0.2) is 4.98 Å². The second-order valence-corrected chi connectivity index (χ2v) is 4.26. The summed E-state index contributed by atoms with van der Waals surface area (Å²) in [6.45, 7) is 4.24. The van der Waals surface area contributed by atoms with Crippen molar-refractivity contribution in [2.24, 2.45) is 0 Å². The molecule has 14 heavy (non-hydrogen) atoms. The van der Waals surface area contributed by atoms with Crippen LogP contribution >= 0.6 is 11.3 Å². The highest BCUT2D eigenvalue weighted by Crippen LogP contribution is 2.24. The predicted octanol–water partition coefficient (Wildman–Crippen LogP) is 3.48. The van der Waals surface area contributed by atoms with Gasteiger partial charge in [0.05, 0.1) is 5.69 Å². The lowest BCUT2D eigenvalue weighted by atomic mass is 10.1. The minimum absolute atomic E-state index is 1.07. The van der Waals surface area contributed by atoms with E-state index in [0.717, 1.165) is 12.1 Å². The summed E-state index contributed by atoms with van der Waals surface area (Å²) in [5.41, 5.74) is 6.54. The van der Waals surface area contributed by atoms with Gasteiger partial charge in [0.15, 0.2) is 5.51 Å². The highest BCUT2D eigenvalue weighted by Gasteiger charge is 2.04. The van der Waals surface area contributed by atoms with E-state index in [0.29, 0.717) is 0 Å². The van der Waals surface area contributed by atoms with Gasteiger partial charge in [-0.15, -0.1) is 11.3 Å². The van der Waals surface area contributed by atoms with Crippen LogP contribution in [0.1, 0.15) is 17.4 Å². The summed E-state index contributed by atoms with van der Waals surface area (Å²) >= 11 is 1.57. The Labute approximate surface area is 88.4 Å².